The summed E-state index contributed by atoms with van der Waals surface area (Å²) >= 11 is 0. The fourth-order valence-corrected chi connectivity index (χ4v) is 4.13. The van der Waals surface area contributed by atoms with Crippen LogP contribution < -0.4 is 4.72 Å². The lowest BCUT2D eigenvalue weighted by atomic mass is 10.0. The number of fused-ring (bicyclic) bond motifs is 1. The van der Waals surface area contributed by atoms with Gasteiger partial charge in [0.1, 0.15) is 5.65 Å². The third-order valence-corrected chi connectivity index (χ3v) is 5.55. The molecule has 10 heteroatoms. The van der Waals surface area contributed by atoms with Crippen molar-refractivity contribution in [1.29, 1.82) is 0 Å². The van der Waals surface area contributed by atoms with Crippen LogP contribution in [0.5, 0.6) is 0 Å². The quantitative estimate of drug-likeness (QED) is 0.445. The molecule has 0 aliphatic heterocycles. The first kappa shape index (κ1) is 19.9. The Morgan fingerprint density at radius 3 is 2.47 bits per heavy atom. The van der Waals surface area contributed by atoms with Crippen LogP contribution in [0.3, 0.4) is 0 Å². The number of hydrogen-bond acceptors (Lipinski definition) is 6. The van der Waals surface area contributed by atoms with E-state index in [-0.39, 0.29) is 0 Å². The second-order valence-electron chi connectivity index (χ2n) is 7.45. The average Bonchev–Trinajstić information content (AvgIpc) is 3.38. The molecule has 0 bridgehead atoms. The van der Waals surface area contributed by atoms with Gasteiger partial charge in [-0.25, -0.2) is 13.4 Å². The lowest BCUT2D eigenvalue weighted by Gasteiger charge is -2.11. The van der Waals surface area contributed by atoms with Gasteiger partial charge >= 0.3 is 0 Å². The molecule has 0 radical (unpaired) electrons. The number of benzene rings is 1. The summed E-state index contributed by atoms with van der Waals surface area (Å²) < 4.78 is 30.0. The third kappa shape index (κ3) is 3.95. The summed E-state index contributed by atoms with van der Waals surface area (Å²) in [6.45, 7) is 0. The predicted octanol–water partition coefficient (Wildman–Crippen LogP) is 3.23. The van der Waals surface area contributed by atoms with Crippen LogP contribution in [0.2, 0.25) is 0 Å². The minimum absolute atomic E-state index is 0.438. The van der Waals surface area contributed by atoms with E-state index in [2.05, 4.69) is 24.8 Å². The van der Waals surface area contributed by atoms with Crippen LogP contribution in [0.1, 0.15) is 0 Å². The SMILES string of the molecule is Cn1cc(-c2ccn3c(-c4cc(NS(C)(=O)=O)cc(-c5cnccn5)c4)cnc3c2)cn1. The zero-order valence-electron chi connectivity index (χ0n) is 17.3. The minimum Gasteiger partial charge on any atom is -0.300 e. The van der Waals surface area contributed by atoms with Gasteiger partial charge in [-0.05, 0) is 35.9 Å². The number of sulfonamides is 1. The number of rotatable bonds is 5. The van der Waals surface area contributed by atoms with Gasteiger partial charge in [0.05, 0.1) is 36.2 Å². The van der Waals surface area contributed by atoms with Crippen molar-refractivity contribution in [3.63, 3.8) is 0 Å². The van der Waals surface area contributed by atoms with Crippen molar-refractivity contribution in [3.8, 4) is 33.6 Å². The molecule has 0 amide bonds. The number of anilines is 1. The zero-order chi connectivity index (χ0) is 22.3. The molecule has 5 rings (SSSR count). The Balaban J connectivity index is 1.64. The molecule has 0 aliphatic carbocycles. The van der Waals surface area contributed by atoms with Gasteiger partial charge < -0.3 is 0 Å². The molecule has 4 aromatic heterocycles. The summed E-state index contributed by atoms with van der Waals surface area (Å²) in [5, 5.41) is 4.23. The first-order chi connectivity index (χ1) is 15.4. The van der Waals surface area contributed by atoms with E-state index in [0.717, 1.165) is 39.9 Å². The normalized spacial score (nSPS) is 11.7. The summed E-state index contributed by atoms with van der Waals surface area (Å²) in [5.41, 5.74) is 6.21. The summed E-state index contributed by atoms with van der Waals surface area (Å²) in [7, 11) is -1.58. The molecule has 0 spiro atoms. The topological polar surface area (TPSA) is 107 Å². The lowest BCUT2D eigenvalue weighted by molar-refractivity contribution is 0.607. The Hall–Kier alpha value is -4.05. The molecule has 0 saturated carbocycles. The molecule has 5 aromatic rings. The second-order valence-corrected chi connectivity index (χ2v) is 9.20. The maximum Gasteiger partial charge on any atom is 0.229 e. The second kappa shape index (κ2) is 7.57. The van der Waals surface area contributed by atoms with E-state index >= 15 is 0 Å². The van der Waals surface area contributed by atoms with Crippen LogP contribution in [0.4, 0.5) is 5.69 Å². The highest BCUT2D eigenvalue weighted by Gasteiger charge is 2.13. The fourth-order valence-electron chi connectivity index (χ4n) is 3.59. The molecular formula is C22H19N7O2S. The number of hydrogen-bond donors (Lipinski definition) is 1. The summed E-state index contributed by atoms with van der Waals surface area (Å²) in [5.74, 6) is 0. The minimum atomic E-state index is -3.45. The molecule has 1 N–H and O–H groups in total. The number of aromatic nitrogens is 6. The maximum atomic E-state index is 11.9. The number of nitrogens with zero attached hydrogens (tertiary/aromatic N) is 6. The van der Waals surface area contributed by atoms with E-state index < -0.39 is 10.0 Å². The molecule has 4 heterocycles. The number of nitrogens with one attached hydrogen (secondary N) is 1. The molecule has 0 fully saturated rings. The van der Waals surface area contributed by atoms with Crippen LogP contribution in [-0.2, 0) is 17.1 Å². The standard InChI is InChI=1S/C22H19N7O2S/c1-28-14-18(11-26-28)15-3-6-29-21(13-25-22(29)10-15)17-7-16(20-12-23-4-5-24-20)8-19(9-17)27-32(2,30)31/h3-14,27H,1-2H3. The van der Waals surface area contributed by atoms with Crippen molar-refractivity contribution in [3.05, 3.63) is 73.7 Å². The van der Waals surface area contributed by atoms with Gasteiger partial charge in [0.2, 0.25) is 10.0 Å². The highest BCUT2D eigenvalue weighted by molar-refractivity contribution is 7.92. The molecule has 9 nitrogen and oxygen atoms in total. The van der Waals surface area contributed by atoms with Crippen molar-refractivity contribution in [2.75, 3.05) is 11.0 Å². The molecular weight excluding hydrogens is 426 g/mol. The van der Waals surface area contributed by atoms with Crippen molar-refractivity contribution in [2.45, 2.75) is 0 Å². The van der Waals surface area contributed by atoms with E-state index in [1.54, 1.807) is 41.6 Å². The van der Waals surface area contributed by atoms with Gasteiger partial charge in [-0.3, -0.25) is 23.8 Å². The Morgan fingerprint density at radius 1 is 0.906 bits per heavy atom. The Kier molecular flexibility index (Phi) is 4.71. The van der Waals surface area contributed by atoms with Gasteiger partial charge in [0.25, 0.3) is 0 Å². The lowest BCUT2D eigenvalue weighted by Crippen LogP contribution is -2.09. The van der Waals surface area contributed by atoms with Crippen LogP contribution in [-0.4, -0.2) is 43.8 Å². The number of pyridine rings is 1. The molecule has 0 unspecified atom stereocenters. The van der Waals surface area contributed by atoms with Crippen LogP contribution in [0.15, 0.2) is 73.7 Å². The molecule has 1 aromatic carbocycles. The highest BCUT2D eigenvalue weighted by atomic mass is 32.2. The van der Waals surface area contributed by atoms with Crippen LogP contribution in [0, 0.1) is 0 Å². The fraction of sp³-hybridized carbons (Fsp3) is 0.0909. The van der Waals surface area contributed by atoms with Crippen LogP contribution in [0.25, 0.3) is 39.3 Å². The predicted molar refractivity (Wildman–Crippen MR) is 122 cm³/mol. The first-order valence-corrected chi connectivity index (χ1v) is 11.6. The Morgan fingerprint density at radius 2 is 1.75 bits per heavy atom. The van der Waals surface area contributed by atoms with Crippen molar-refractivity contribution in [2.24, 2.45) is 7.05 Å². The third-order valence-electron chi connectivity index (χ3n) is 4.94. The van der Waals surface area contributed by atoms with Crippen molar-refractivity contribution >= 4 is 21.4 Å². The van der Waals surface area contributed by atoms with Gasteiger partial charge in [-0.1, -0.05) is 0 Å². The summed E-state index contributed by atoms with van der Waals surface area (Å²) in [6.07, 6.45) is 13.4. The van der Waals surface area contributed by atoms with E-state index in [9.17, 15) is 8.42 Å². The molecule has 32 heavy (non-hydrogen) atoms. The smallest absolute Gasteiger partial charge is 0.229 e. The maximum absolute atomic E-state index is 11.9. The van der Waals surface area contributed by atoms with Gasteiger partial charge in [-0.2, -0.15) is 5.10 Å². The Bertz CT molecular complexity index is 1540. The zero-order valence-corrected chi connectivity index (χ0v) is 18.2. The number of imidazole rings is 1. The molecule has 0 atom stereocenters. The van der Waals surface area contributed by atoms with E-state index in [0.29, 0.717) is 11.4 Å². The molecule has 0 saturated heterocycles. The van der Waals surface area contributed by atoms with Crippen LogP contribution >= 0.6 is 0 Å². The van der Waals surface area contributed by atoms with E-state index in [4.69, 9.17) is 0 Å². The highest BCUT2D eigenvalue weighted by Crippen LogP contribution is 2.31. The van der Waals surface area contributed by atoms with Crippen molar-refractivity contribution in [1.82, 2.24) is 29.1 Å². The van der Waals surface area contributed by atoms with E-state index in [1.807, 2.05) is 48.2 Å². The Labute approximate surface area is 184 Å². The molecule has 160 valence electrons. The summed E-state index contributed by atoms with van der Waals surface area (Å²) in [6, 6.07) is 9.44. The van der Waals surface area contributed by atoms with Crippen molar-refractivity contribution < 1.29 is 8.42 Å². The van der Waals surface area contributed by atoms with Gasteiger partial charge in [0, 0.05) is 54.2 Å². The monoisotopic (exact) mass is 445 g/mol. The average molecular weight is 446 g/mol. The largest absolute Gasteiger partial charge is 0.300 e. The van der Waals surface area contributed by atoms with Gasteiger partial charge in [-0.15, -0.1) is 0 Å². The number of aryl methyl sites for hydroxylation is 1. The summed E-state index contributed by atoms with van der Waals surface area (Å²) in [4.78, 5) is 13.0. The first-order valence-electron chi connectivity index (χ1n) is 9.71. The molecule has 0 aliphatic rings. The van der Waals surface area contributed by atoms with E-state index in [1.165, 1.54) is 0 Å². The van der Waals surface area contributed by atoms with Gasteiger partial charge in [0.15, 0.2) is 0 Å².